The Morgan fingerprint density at radius 2 is 1.00 bits per heavy atom. The minimum absolute atomic E-state index is 0.0833. The Labute approximate surface area is 379 Å². The molecule has 338 valence electrons. The second-order valence-electron chi connectivity index (χ2n) is 16.9. The molecule has 4 aliphatic carbocycles. The summed E-state index contributed by atoms with van der Waals surface area (Å²) in [5.74, 6) is -6.05. The number of aryl methyl sites for hydroxylation is 1. The number of anilines is 1. The Morgan fingerprint density at radius 1 is 0.576 bits per heavy atom. The van der Waals surface area contributed by atoms with Gasteiger partial charge in [0, 0.05) is 30.3 Å². The van der Waals surface area contributed by atoms with Crippen molar-refractivity contribution in [3.8, 4) is 0 Å². The summed E-state index contributed by atoms with van der Waals surface area (Å²) in [6.45, 7) is 7.33. The molecule has 0 aliphatic heterocycles. The average molecular weight is 895 g/mol. The zero-order valence-electron chi connectivity index (χ0n) is 36.3. The predicted molar refractivity (Wildman–Crippen MR) is 237 cm³/mol. The van der Waals surface area contributed by atoms with Crippen molar-refractivity contribution in [1.82, 2.24) is 5.32 Å². The topological polar surface area (TPSA) is 215 Å². The van der Waals surface area contributed by atoms with Gasteiger partial charge in [-0.2, -0.15) is 0 Å². The first kappa shape index (κ1) is 46.2. The second kappa shape index (κ2) is 19.1. The maximum atomic E-state index is 13.9. The summed E-state index contributed by atoms with van der Waals surface area (Å²) in [5.41, 5.74) is -0.915. The normalized spacial score (nSPS) is 19.9. The van der Waals surface area contributed by atoms with E-state index in [1.165, 1.54) is 55.6 Å². The van der Waals surface area contributed by atoms with Crippen molar-refractivity contribution in [2.75, 3.05) is 25.6 Å². The van der Waals surface area contributed by atoms with Crippen LogP contribution >= 0.6 is 0 Å². The molecule has 0 saturated heterocycles. The van der Waals surface area contributed by atoms with Gasteiger partial charge < -0.3 is 29.6 Å². The number of nitrogens with one attached hydrogen (secondary N) is 2. The molecule has 2 unspecified atom stereocenters. The first-order chi connectivity index (χ1) is 31.5. The van der Waals surface area contributed by atoms with Gasteiger partial charge in [0.25, 0.3) is 11.8 Å². The van der Waals surface area contributed by atoms with Gasteiger partial charge in [-0.15, -0.1) is 0 Å². The highest BCUT2D eigenvalue weighted by molar-refractivity contribution is 6.16. The molecule has 2 atom stereocenters. The molecule has 15 nitrogen and oxygen atoms in total. The molecule has 4 saturated carbocycles. The van der Waals surface area contributed by atoms with Crippen LogP contribution in [0.2, 0.25) is 0 Å². The summed E-state index contributed by atoms with van der Waals surface area (Å²) in [7, 11) is 1.31. The van der Waals surface area contributed by atoms with E-state index in [-0.39, 0.29) is 56.5 Å². The van der Waals surface area contributed by atoms with Gasteiger partial charge in [-0.1, -0.05) is 43.0 Å². The quantitative estimate of drug-likeness (QED) is 0.0485. The summed E-state index contributed by atoms with van der Waals surface area (Å²) in [4.78, 5) is 117. The van der Waals surface area contributed by atoms with Crippen molar-refractivity contribution < 1.29 is 62.1 Å². The van der Waals surface area contributed by atoms with Crippen molar-refractivity contribution in [3.05, 3.63) is 160 Å². The van der Waals surface area contributed by atoms with Gasteiger partial charge >= 0.3 is 23.9 Å². The maximum Gasteiger partial charge on any atom is 0.339 e. The number of rotatable bonds is 17. The summed E-state index contributed by atoms with van der Waals surface area (Å²) in [5, 5.41) is 5.05. The van der Waals surface area contributed by atoms with Crippen molar-refractivity contribution in [3.63, 3.8) is 0 Å². The van der Waals surface area contributed by atoms with Gasteiger partial charge in [-0.05, 0) is 124 Å². The molecule has 0 aromatic heterocycles. The molecular weight excluding hydrogens is 849 g/mol. The Morgan fingerprint density at radius 3 is 1.44 bits per heavy atom. The van der Waals surface area contributed by atoms with Crippen LogP contribution < -0.4 is 10.6 Å². The third-order valence-corrected chi connectivity index (χ3v) is 12.1. The van der Waals surface area contributed by atoms with Crippen molar-refractivity contribution in [2.24, 2.45) is 11.8 Å². The zero-order chi connectivity index (χ0) is 47.3. The van der Waals surface area contributed by atoms with E-state index in [0.29, 0.717) is 37.7 Å². The third-order valence-electron chi connectivity index (χ3n) is 12.1. The fraction of sp³-hybridized carbons (Fsp3) is 0.275. The highest BCUT2D eigenvalue weighted by Gasteiger charge is 2.61. The van der Waals surface area contributed by atoms with Crippen LogP contribution in [0.3, 0.4) is 0 Å². The summed E-state index contributed by atoms with van der Waals surface area (Å²) in [6, 6.07) is 20.2. The second-order valence-corrected chi connectivity index (χ2v) is 16.9. The molecule has 0 spiro atoms. The molecule has 8 rings (SSSR count). The van der Waals surface area contributed by atoms with E-state index < -0.39 is 77.5 Å². The van der Waals surface area contributed by atoms with Crippen LogP contribution in [0.15, 0.2) is 110 Å². The van der Waals surface area contributed by atoms with Crippen LogP contribution in [0.25, 0.3) is 0 Å². The van der Waals surface area contributed by atoms with Gasteiger partial charge in [0.1, 0.15) is 11.2 Å². The van der Waals surface area contributed by atoms with E-state index in [0.717, 1.165) is 36.3 Å². The SMILES string of the molecule is C=CC(=O)COC(=O)c1ccc(C(=O)c2ccc(C(=O)OCC(=O)C=C)c(C(=O)Nc3ccc(C(=O)OC45CC6CC(CC(OC(=O)c7ccc(C)cc7)(C6)C4)C5)cc3)c2)cc1C(=O)NC. The first-order valence-electron chi connectivity index (χ1n) is 21.2. The summed E-state index contributed by atoms with van der Waals surface area (Å²) < 4.78 is 22.6. The zero-order valence-corrected chi connectivity index (χ0v) is 36.3. The molecule has 4 aromatic carbocycles. The minimum Gasteiger partial charge on any atom is -0.455 e. The van der Waals surface area contributed by atoms with Crippen LogP contribution in [0.1, 0.15) is 122 Å². The molecule has 4 bridgehead atoms. The first-order valence-corrected chi connectivity index (χ1v) is 21.2. The third kappa shape index (κ3) is 10.1. The number of esters is 4. The lowest BCUT2D eigenvalue weighted by molar-refractivity contribution is -0.200. The molecule has 4 fully saturated rings. The smallest absolute Gasteiger partial charge is 0.339 e. The van der Waals surface area contributed by atoms with E-state index in [9.17, 15) is 43.2 Å². The Kier molecular flexibility index (Phi) is 13.4. The van der Waals surface area contributed by atoms with Crippen molar-refractivity contribution in [1.29, 1.82) is 0 Å². The monoisotopic (exact) mass is 894 g/mol. The number of hydrogen-bond donors (Lipinski definition) is 2. The molecule has 2 N–H and O–H groups in total. The molecule has 4 aromatic rings. The van der Waals surface area contributed by atoms with Crippen LogP contribution in [0, 0.1) is 18.8 Å². The van der Waals surface area contributed by atoms with E-state index in [1.807, 2.05) is 19.1 Å². The fourth-order valence-electron chi connectivity index (χ4n) is 9.37. The lowest BCUT2D eigenvalue weighted by Crippen LogP contribution is -2.61. The number of carbonyl (C=O) groups is 9. The van der Waals surface area contributed by atoms with E-state index in [4.69, 9.17) is 18.9 Å². The van der Waals surface area contributed by atoms with Gasteiger partial charge in [-0.3, -0.25) is 24.0 Å². The molecule has 66 heavy (non-hydrogen) atoms. The number of benzene rings is 4. The minimum atomic E-state index is -1.05. The Bertz CT molecular complexity index is 2690. The molecule has 15 heteroatoms. The maximum absolute atomic E-state index is 13.9. The largest absolute Gasteiger partial charge is 0.455 e. The van der Waals surface area contributed by atoms with Crippen LogP contribution in [-0.2, 0) is 28.5 Å². The molecular formula is C51H46N2O13. The van der Waals surface area contributed by atoms with Crippen LogP contribution in [0.4, 0.5) is 5.69 Å². The van der Waals surface area contributed by atoms with E-state index >= 15 is 0 Å². The van der Waals surface area contributed by atoms with Crippen molar-refractivity contribution >= 4 is 58.7 Å². The summed E-state index contributed by atoms with van der Waals surface area (Å²) in [6.07, 6.45) is 6.06. The fourth-order valence-corrected chi connectivity index (χ4v) is 9.37. The Hall–Kier alpha value is -7.81. The molecule has 0 heterocycles. The summed E-state index contributed by atoms with van der Waals surface area (Å²) >= 11 is 0. The number of hydrogen-bond acceptors (Lipinski definition) is 13. The lowest BCUT2D eigenvalue weighted by atomic mass is 9.52. The standard InChI is InChI=1S/C51H46N2O13/c1-5-37(54)26-63-48(61)39-17-13-34(20-41(39)44(57)52-4)43(56)35-14-18-40(49(62)64-27-38(55)6-2)42(21-35)45(58)53-36-15-11-33(12-16-36)47(60)66-51-24-30-19-31(25-51)23-50(22-30,28-51)65-46(59)32-9-7-29(3)8-10-32/h5-18,20-21,30-31H,1-2,19,22-28H2,3-4H3,(H,52,57)(H,53,58). The number of ketones is 3. The van der Waals surface area contributed by atoms with Gasteiger partial charge in [0.05, 0.1) is 33.4 Å². The highest BCUT2D eigenvalue weighted by atomic mass is 16.6. The number of carbonyl (C=O) groups excluding carboxylic acids is 9. The van der Waals surface area contributed by atoms with E-state index in [2.05, 4.69) is 23.8 Å². The van der Waals surface area contributed by atoms with Gasteiger partial charge in [0.15, 0.2) is 30.6 Å². The van der Waals surface area contributed by atoms with Crippen LogP contribution in [0.5, 0.6) is 0 Å². The van der Waals surface area contributed by atoms with Crippen molar-refractivity contribution in [2.45, 2.75) is 56.7 Å². The van der Waals surface area contributed by atoms with Gasteiger partial charge in [-0.25, -0.2) is 19.2 Å². The molecule has 4 aliphatic rings. The van der Waals surface area contributed by atoms with E-state index in [1.54, 1.807) is 12.1 Å². The van der Waals surface area contributed by atoms with Gasteiger partial charge in [0.2, 0.25) is 0 Å². The lowest BCUT2D eigenvalue weighted by Gasteiger charge is -2.60. The number of amides is 2. The predicted octanol–water partition coefficient (Wildman–Crippen LogP) is 6.77. The number of ether oxygens (including phenoxy) is 4. The molecule has 2 amide bonds. The Balaban J connectivity index is 1.09. The molecule has 0 radical (unpaired) electrons. The highest BCUT2D eigenvalue weighted by Crippen LogP contribution is 2.60. The van der Waals surface area contributed by atoms with Crippen LogP contribution in [-0.4, -0.2) is 84.5 Å². The average Bonchev–Trinajstić information content (AvgIpc) is 3.30.